The van der Waals surface area contributed by atoms with Crippen molar-refractivity contribution in [3.8, 4) is 0 Å². The quantitative estimate of drug-likeness (QED) is 0.670. The van der Waals surface area contributed by atoms with Gasteiger partial charge in [0.05, 0.1) is 5.69 Å². The molecule has 0 saturated heterocycles. The molecule has 0 bridgehead atoms. The van der Waals surface area contributed by atoms with E-state index in [1.807, 2.05) is 6.92 Å². The third kappa shape index (κ3) is 1.38. The standard InChI is InChI=1S/C8H14N2.H2/c1-4-5-8-6(2)9-7(3)10-8;/h4-5H2,1-3H3,(H,9,10);1H. The van der Waals surface area contributed by atoms with Gasteiger partial charge in [-0.25, -0.2) is 4.98 Å². The first-order valence-corrected chi connectivity index (χ1v) is 3.76. The topological polar surface area (TPSA) is 28.7 Å². The zero-order valence-electron chi connectivity index (χ0n) is 6.86. The predicted octanol–water partition coefficient (Wildman–Crippen LogP) is 2.23. The molecule has 0 radical (unpaired) electrons. The van der Waals surface area contributed by atoms with E-state index >= 15 is 0 Å². The van der Waals surface area contributed by atoms with Crippen LogP contribution in [-0.4, -0.2) is 9.97 Å². The molecule has 0 saturated carbocycles. The summed E-state index contributed by atoms with van der Waals surface area (Å²) >= 11 is 0. The molecule has 1 aromatic heterocycles. The zero-order valence-corrected chi connectivity index (χ0v) is 6.86. The Labute approximate surface area is 63.2 Å². The minimum atomic E-state index is 0. The average Bonchev–Trinajstić information content (AvgIpc) is 2.13. The third-order valence-corrected chi connectivity index (χ3v) is 1.59. The summed E-state index contributed by atoms with van der Waals surface area (Å²) in [6.45, 7) is 6.24. The Morgan fingerprint density at radius 1 is 1.50 bits per heavy atom. The van der Waals surface area contributed by atoms with Crippen LogP contribution in [0.25, 0.3) is 0 Å². The van der Waals surface area contributed by atoms with Crippen LogP contribution in [0.3, 0.4) is 0 Å². The first kappa shape index (κ1) is 7.32. The molecule has 0 fully saturated rings. The van der Waals surface area contributed by atoms with Gasteiger partial charge in [0.15, 0.2) is 0 Å². The van der Waals surface area contributed by atoms with Crippen LogP contribution in [0, 0.1) is 13.8 Å². The molecule has 10 heavy (non-hydrogen) atoms. The Morgan fingerprint density at radius 2 is 2.20 bits per heavy atom. The van der Waals surface area contributed by atoms with Crippen LogP contribution in [-0.2, 0) is 6.42 Å². The normalized spacial score (nSPS) is 10.3. The second kappa shape index (κ2) is 2.86. The molecule has 58 valence electrons. The highest BCUT2D eigenvalue weighted by molar-refractivity contribution is 5.12. The third-order valence-electron chi connectivity index (χ3n) is 1.59. The van der Waals surface area contributed by atoms with Crippen LogP contribution in [0.5, 0.6) is 0 Å². The number of H-pyrrole nitrogens is 1. The van der Waals surface area contributed by atoms with E-state index < -0.39 is 0 Å². The van der Waals surface area contributed by atoms with E-state index in [-0.39, 0.29) is 1.43 Å². The molecule has 2 nitrogen and oxygen atoms in total. The minimum absolute atomic E-state index is 0. The Bertz CT molecular complexity index is 218. The molecule has 1 heterocycles. The van der Waals surface area contributed by atoms with Gasteiger partial charge in [0.25, 0.3) is 0 Å². The predicted molar refractivity (Wildman–Crippen MR) is 44.2 cm³/mol. The summed E-state index contributed by atoms with van der Waals surface area (Å²) in [6, 6.07) is 0. The minimum Gasteiger partial charge on any atom is -0.346 e. The number of nitrogens with one attached hydrogen (secondary N) is 1. The molecule has 0 aliphatic heterocycles. The van der Waals surface area contributed by atoms with E-state index in [2.05, 4.69) is 23.8 Å². The fraction of sp³-hybridized carbons (Fsp3) is 0.625. The van der Waals surface area contributed by atoms with Gasteiger partial charge in [0.1, 0.15) is 5.82 Å². The number of aromatic nitrogens is 2. The molecule has 0 unspecified atom stereocenters. The Hall–Kier alpha value is -0.790. The molecule has 0 aliphatic rings. The first-order valence-electron chi connectivity index (χ1n) is 3.76. The van der Waals surface area contributed by atoms with Gasteiger partial charge in [-0.1, -0.05) is 13.3 Å². The van der Waals surface area contributed by atoms with Crippen LogP contribution in [0.1, 0.15) is 32.0 Å². The fourth-order valence-corrected chi connectivity index (χ4v) is 1.14. The number of imidazole rings is 1. The van der Waals surface area contributed by atoms with Gasteiger partial charge in [-0.05, 0) is 20.3 Å². The van der Waals surface area contributed by atoms with Crippen molar-refractivity contribution in [2.75, 3.05) is 0 Å². The highest BCUT2D eigenvalue weighted by atomic mass is 14.9. The first-order chi connectivity index (χ1) is 4.74. The van der Waals surface area contributed by atoms with E-state index in [1.165, 1.54) is 17.8 Å². The zero-order chi connectivity index (χ0) is 7.56. The highest BCUT2D eigenvalue weighted by Gasteiger charge is 2.00. The molecule has 0 atom stereocenters. The molecular formula is C8H16N2. The Morgan fingerprint density at radius 3 is 2.60 bits per heavy atom. The molecule has 0 amide bonds. The van der Waals surface area contributed by atoms with Crippen molar-refractivity contribution in [1.82, 2.24) is 9.97 Å². The largest absolute Gasteiger partial charge is 0.346 e. The van der Waals surface area contributed by atoms with E-state index in [0.29, 0.717) is 0 Å². The number of hydrogen-bond donors (Lipinski definition) is 1. The SMILES string of the molecule is CCCc1nc(C)[nH]c1C.[HH]. The Balaban J connectivity index is 0.000001000. The highest BCUT2D eigenvalue weighted by Crippen LogP contribution is 2.05. The Kier molecular flexibility index (Phi) is 2.10. The average molecular weight is 140 g/mol. The molecule has 1 aromatic rings. The molecule has 0 aliphatic carbocycles. The number of hydrogen-bond acceptors (Lipinski definition) is 1. The summed E-state index contributed by atoms with van der Waals surface area (Å²) in [6.07, 6.45) is 2.27. The number of aromatic amines is 1. The summed E-state index contributed by atoms with van der Waals surface area (Å²) in [5, 5.41) is 0. The van der Waals surface area contributed by atoms with Crippen molar-refractivity contribution in [1.29, 1.82) is 0 Å². The van der Waals surface area contributed by atoms with E-state index in [1.54, 1.807) is 0 Å². The molecule has 0 spiro atoms. The summed E-state index contributed by atoms with van der Waals surface area (Å²) < 4.78 is 0. The molecule has 0 aromatic carbocycles. The second-order valence-corrected chi connectivity index (χ2v) is 2.64. The fourth-order valence-electron chi connectivity index (χ4n) is 1.14. The maximum atomic E-state index is 4.34. The molecular weight excluding hydrogens is 124 g/mol. The van der Waals surface area contributed by atoms with Crippen molar-refractivity contribution in [2.24, 2.45) is 0 Å². The van der Waals surface area contributed by atoms with Crippen LogP contribution in [0.2, 0.25) is 0 Å². The summed E-state index contributed by atoms with van der Waals surface area (Å²) in [5.41, 5.74) is 2.44. The van der Waals surface area contributed by atoms with Gasteiger partial charge in [-0.15, -0.1) is 0 Å². The van der Waals surface area contributed by atoms with Gasteiger partial charge in [-0.3, -0.25) is 0 Å². The van der Waals surface area contributed by atoms with Crippen LogP contribution in [0.4, 0.5) is 0 Å². The van der Waals surface area contributed by atoms with Gasteiger partial charge >= 0.3 is 0 Å². The van der Waals surface area contributed by atoms with Gasteiger partial charge in [-0.2, -0.15) is 0 Å². The van der Waals surface area contributed by atoms with Crippen molar-refractivity contribution < 1.29 is 1.43 Å². The second-order valence-electron chi connectivity index (χ2n) is 2.64. The van der Waals surface area contributed by atoms with Crippen LogP contribution >= 0.6 is 0 Å². The lowest BCUT2D eigenvalue weighted by molar-refractivity contribution is 0.879. The summed E-state index contributed by atoms with van der Waals surface area (Å²) in [4.78, 5) is 7.53. The maximum absolute atomic E-state index is 4.34. The van der Waals surface area contributed by atoms with Crippen LogP contribution in [0.15, 0.2) is 0 Å². The van der Waals surface area contributed by atoms with E-state index in [0.717, 1.165) is 12.2 Å². The van der Waals surface area contributed by atoms with E-state index in [9.17, 15) is 0 Å². The lowest BCUT2D eigenvalue weighted by Gasteiger charge is -1.90. The van der Waals surface area contributed by atoms with Crippen molar-refractivity contribution in [2.45, 2.75) is 33.6 Å². The van der Waals surface area contributed by atoms with Gasteiger partial charge in [0, 0.05) is 7.12 Å². The lowest BCUT2D eigenvalue weighted by Crippen LogP contribution is -1.85. The van der Waals surface area contributed by atoms with Crippen LogP contribution < -0.4 is 0 Å². The maximum Gasteiger partial charge on any atom is 0.103 e. The molecule has 1 N–H and O–H groups in total. The van der Waals surface area contributed by atoms with Crippen molar-refractivity contribution in [3.63, 3.8) is 0 Å². The number of rotatable bonds is 2. The monoisotopic (exact) mass is 140 g/mol. The van der Waals surface area contributed by atoms with E-state index in [4.69, 9.17) is 0 Å². The number of nitrogens with zero attached hydrogens (tertiary/aromatic N) is 1. The summed E-state index contributed by atoms with van der Waals surface area (Å²) in [5.74, 6) is 1.03. The van der Waals surface area contributed by atoms with Crippen molar-refractivity contribution >= 4 is 0 Å². The van der Waals surface area contributed by atoms with Crippen molar-refractivity contribution in [3.05, 3.63) is 17.2 Å². The smallest absolute Gasteiger partial charge is 0.103 e. The van der Waals surface area contributed by atoms with Gasteiger partial charge in [0.2, 0.25) is 0 Å². The molecule has 1 rings (SSSR count). The lowest BCUT2D eigenvalue weighted by atomic mass is 10.2. The number of aryl methyl sites for hydroxylation is 3. The summed E-state index contributed by atoms with van der Waals surface area (Å²) in [7, 11) is 0. The van der Waals surface area contributed by atoms with Gasteiger partial charge < -0.3 is 4.98 Å². The molecule has 2 heteroatoms.